The molecule has 14 heteroatoms. The Balaban J connectivity index is 1.33. The van der Waals surface area contributed by atoms with Crippen LogP contribution in [0.25, 0.3) is 0 Å². The summed E-state index contributed by atoms with van der Waals surface area (Å²) in [6, 6.07) is 16.8. The summed E-state index contributed by atoms with van der Waals surface area (Å²) in [5, 5.41) is 17.8. The minimum absolute atomic E-state index is 0.0559. The summed E-state index contributed by atoms with van der Waals surface area (Å²) in [5.41, 5.74) is 3.03. The Morgan fingerprint density at radius 1 is 0.956 bits per heavy atom. The van der Waals surface area contributed by atoms with Gasteiger partial charge < -0.3 is 25.8 Å². The van der Waals surface area contributed by atoms with E-state index in [-0.39, 0.29) is 23.6 Å². The van der Waals surface area contributed by atoms with Crippen LogP contribution in [0.3, 0.4) is 0 Å². The van der Waals surface area contributed by atoms with Gasteiger partial charge in [-0.15, -0.1) is 0 Å². The number of anilines is 3. The minimum Gasteiger partial charge on any atom is -0.495 e. The SMILES string of the molecule is COc1cc(CC(=O)CNc2ccc(C(CC(=O)O)NS(=O)(=O)c3cccnc3)cn2)ccc1NC(=O)Nc1ccccc1C. The number of pyridine rings is 2. The maximum absolute atomic E-state index is 12.7. The number of carbonyl (C=O) groups excluding carboxylic acids is 2. The third-order valence-corrected chi connectivity index (χ3v) is 8.04. The van der Waals surface area contributed by atoms with Crippen molar-refractivity contribution in [2.75, 3.05) is 29.6 Å². The molecule has 5 N–H and O–H groups in total. The maximum atomic E-state index is 12.7. The van der Waals surface area contributed by atoms with Crippen LogP contribution in [0.4, 0.5) is 22.0 Å². The number of nitrogens with zero attached hydrogens (tertiary/aromatic N) is 2. The number of benzene rings is 2. The zero-order valence-electron chi connectivity index (χ0n) is 24.5. The summed E-state index contributed by atoms with van der Waals surface area (Å²) in [7, 11) is -2.57. The molecule has 4 aromatic rings. The number of carbonyl (C=O) groups is 3. The van der Waals surface area contributed by atoms with Gasteiger partial charge in [-0.05, 0) is 60.0 Å². The second kappa shape index (κ2) is 14.9. The lowest BCUT2D eigenvalue weighted by atomic mass is 10.1. The average Bonchev–Trinajstić information content (AvgIpc) is 3.02. The Hall–Kier alpha value is -5.34. The van der Waals surface area contributed by atoms with Gasteiger partial charge in [0, 0.05) is 30.7 Å². The van der Waals surface area contributed by atoms with Gasteiger partial charge >= 0.3 is 12.0 Å². The molecule has 0 bridgehead atoms. The Bertz CT molecular complexity index is 1770. The predicted octanol–water partition coefficient (Wildman–Crippen LogP) is 4.16. The lowest BCUT2D eigenvalue weighted by Gasteiger charge is -2.17. The van der Waals surface area contributed by atoms with Gasteiger partial charge in [0.05, 0.1) is 31.8 Å². The third-order valence-electron chi connectivity index (χ3n) is 6.58. The number of aromatic nitrogens is 2. The minimum atomic E-state index is -4.04. The number of sulfonamides is 1. The molecule has 0 spiro atoms. The molecule has 2 heterocycles. The summed E-state index contributed by atoms with van der Waals surface area (Å²) in [4.78, 5) is 44.6. The molecule has 0 saturated carbocycles. The molecule has 0 fully saturated rings. The highest BCUT2D eigenvalue weighted by Crippen LogP contribution is 2.27. The number of ketones is 1. The van der Waals surface area contributed by atoms with Crippen molar-refractivity contribution in [2.24, 2.45) is 0 Å². The van der Waals surface area contributed by atoms with E-state index in [0.29, 0.717) is 34.1 Å². The van der Waals surface area contributed by atoms with Crippen molar-refractivity contribution in [1.82, 2.24) is 14.7 Å². The van der Waals surface area contributed by atoms with Crippen molar-refractivity contribution < 1.29 is 32.6 Å². The zero-order chi connectivity index (χ0) is 32.4. The largest absolute Gasteiger partial charge is 0.495 e. The topological polar surface area (TPSA) is 189 Å². The normalized spacial score (nSPS) is 11.7. The van der Waals surface area contributed by atoms with Gasteiger partial charge in [0.25, 0.3) is 0 Å². The van der Waals surface area contributed by atoms with Gasteiger partial charge in [-0.1, -0.05) is 30.3 Å². The molecular formula is C31H32N6O7S. The highest BCUT2D eigenvalue weighted by atomic mass is 32.2. The van der Waals surface area contributed by atoms with Crippen LogP contribution in [0, 0.1) is 6.92 Å². The first-order valence-electron chi connectivity index (χ1n) is 13.7. The van der Waals surface area contributed by atoms with E-state index in [0.717, 1.165) is 11.8 Å². The van der Waals surface area contributed by atoms with E-state index in [1.807, 2.05) is 25.1 Å². The molecular weight excluding hydrogens is 600 g/mol. The molecule has 1 atom stereocenters. The van der Waals surface area contributed by atoms with Gasteiger partial charge in [0.15, 0.2) is 5.78 Å². The fraction of sp³-hybridized carbons (Fsp3) is 0.194. The number of Topliss-reactive ketones (excluding diaryl/α,β-unsaturated/α-hetero) is 1. The number of methoxy groups -OCH3 is 1. The van der Waals surface area contributed by atoms with E-state index in [1.165, 1.54) is 43.8 Å². The highest BCUT2D eigenvalue weighted by molar-refractivity contribution is 7.89. The molecule has 4 rings (SSSR count). The van der Waals surface area contributed by atoms with Gasteiger partial charge in [-0.3, -0.25) is 14.6 Å². The molecule has 2 aromatic carbocycles. The summed E-state index contributed by atoms with van der Waals surface area (Å²) in [6.45, 7) is 1.83. The number of urea groups is 1. The van der Waals surface area contributed by atoms with Gasteiger partial charge in [0.1, 0.15) is 16.5 Å². The van der Waals surface area contributed by atoms with Crippen molar-refractivity contribution in [3.8, 4) is 5.75 Å². The number of hydrogen-bond donors (Lipinski definition) is 5. The van der Waals surface area contributed by atoms with Crippen LogP contribution >= 0.6 is 0 Å². The number of aliphatic carboxylic acids is 1. The lowest BCUT2D eigenvalue weighted by molar-refractivity contribution is -0.137. The Morgan fingerprint density at radius 3 is 2.40 bits per heavy atom. The van der Waals surface area contributed by atoms with Crippen LogP contribution in [0.15, 0.2) is 90.2 Å². The maximum Gasteiger partial charge on any atom is 0.323 e. The fourth-order valence-corrected chi connectivity index (χ4v) is 5.48. The molecule has 45 heavy (non-hydrogen) atoms. The predicted molar refractivity (Wildman–Crippen MR) is 168 cm³/mol. The number of nitrogens with one attached hydrogen (secondary N) is 4. The van der Waals surface area contributed by atoms with E-state index < -0.39 is 34.5 Å². The number of amides is 2. The number of carboxylic acid groups (broad SMARTS) is 1. The molecule has 234 valence electrons. The van der Waals surface area contributed by atoms with E-state index in [1.54, 1.807) is 24.3 Å². The summed E-state index contributed by atoms with van der Waals surface area (Å²) < 4.78 is 33.3. The second-order valence-corrected chi connectivity index (χ2v) is 11.6. The molecule has 2 aromatic heterocycles. The van der Waals surface area contributed by atoms with Crippen LogP contribution in [0.2, 0.25) is 0 Å². The van der Waals surface area contributed by atoms with Crippen molar-refractivity contribution in [1.29, 1.82) is 0 Å². The van der Waals surface area contributed by atoms with Crippen molar-refractivity contribution in [2.45, 2.75) is 30.7 Å². The molecule has 2 amide bonds. The molecule has 13 nitrogen and oxygen atoms in total. The monoisotopic (exact) mass is 632 g/mol. The molecule has 0 aliphatic carbocycles. The van der Waals surface area contributed by atoms with Crippen LogP contribution in [0.5, 0.6) is 5.75 Å². The Morgan fingerprint density at radius 2 is 1.73 bits per heavy atom. The molecule has 0 saturated heterocycles. The van der Waals surface area contributed by atoms with Crippen molar-refractivity contribution in [3.05, 3.63) is 102 Å². The number of ether oxygens (including phenoxy) is 1. The van der Waals surface area contributed by atoms with E-state index in [2.05, 4.69) is 30.6 Å². The van der Waals surface area contributed by atoms with E-state index in [4.69, 9.17) is 4.74 Å². The van der Waals surface area contributed by atoms with Crippen molar-refractivity contribution in [3.63, 3.8) is 0 Å². The number of rotatable bonds is 14. The molecule has 0 aliphatic heterocycles. The van der Waals surface area contributed by atoms with Gasteiger partial charge in [-0.25, -0.2) is 22.9 Å². The second-order valence-electron chi connectivity index (χ2n) is 9.93. The first-order valence-corrected chi connectivity index (χ1v) is 15.2. The van der Waals surface area contributed by atoms with Gasteiger partial charge in [-0.2, -0.15) is 0 Å². The molecule has 0 radical (unpaired) electrons. The summed E-state index contributed by atoms with van der Waals surface area (Å²) >= 11 is 0. The van der Waals surface area contributed by atoms with Crippen LogP contribution in [0.1, 0.15) is 29.2 Å². The third kappa shape index (κ3) is 9.32. The summed E-state index contributed by atoms with van der Waals surface area (Å²) in [5.74, 6) is -0.629. The fourth-order valence-electron chi connectivity index (χ4n) is 4.30. The number of carboxylic acids is 1. The first kappa shape index (κ1) is 32.6. The Labute approximate surface area is 260 Å². The quantitative estimate of drug-likeness (QED) is 0.135. The van der Waals surface area contributed by atoms with Crippen LogP contribution in [-0.2, 0) is 26.0 Å². The average molecular weight is 633 g/mol. The molecule has 0 aliphatic rings. The Kier molecular flexibility index (Phi) is 10.8. The van der Waals surface area contributed by atoms with Crippen molar-refractivity contribution >= 4 is 45.0 Å². The van der Waals surface area contributed by atoms with E-state index >= 15 is 0 Å². The zero-order valence-corrected chi connectivity index (χ0v) is 25.3. The van der Waals surface area contributed by atoms with Crippen LogP contribution < -0.4 is 25.4 Å². The number of aryl methyl sites for hydroxylation is 1. The van der Waals surface area contributed by atoms with Gasteiger partial charge in [0.2, 0.25) is 10.0 Å². The smallest absolute Gasteiger partial charge is 0.323 e. The highest BCUT2D eigenvalue weighted by Gasteiger charge is 2.24. The van der Waals surface area contributed by atoms with E-state index in [9.17, 15) is 27.9 Å². The molecule has 1 unspecified atom stereocenters. The summed E-state index contributed by atoms with van der Waals surface area (Å²) in [6.07, 6.45) is 3.50. The van der Waals surface area contributed by atoms with Crippen LogP contribution in [-0.4, -0.2) is 54.9 Å². The standard InChI is InChI=1S/C31H32N6O7S/c1-20-6-3-4-8-25(20)35-31(41)36-26-11-9-21(15-28(26)44-2)14-23(38)18-34-29-12-10-22(17-33-29)27(16-30(39)40)37-45(42,43)24-7-5-13-32-19-24/h3-13,15,17,19,27,37H,14,16,18H2,1-2H3,(H,33,34)(H,39,40)(H2,35,36,41). The lowest BCUT2D eigenvalue weighted by Crippen LogP contribution is -2.30. The first-order chi connectivity index (χ1) is 21.5. The number of hydrogen-bond acceptors (Lipinski definition) is 9. The number of para-hydroxylation sites is 1.